The van der Waals surface area contributed by atoms with Gasteiger partial charge in [0.05, 0.1) is 12.8 Å². The zero-order valence-corrected chi connectivity index (χ0v) is 10.2. The van der Waals surface area contributed by atoms with Gasteiger partial charge in [0, 0.05) is 10.4 Å². The molecule has 3 nitrogen and oxygen atoms in total. The largest absolute Gasteiger partial charge is 0.497 e. The monoisotopic (exact) mass is 234 g/mol. The van der Waals surface area contributed by atoms with Gasteiger partial charge < -0.3 is 10.5 Å². The minimum atomic E-state index is 0.620. The maximum absolute atomic E-state index is 5.74. The van der Waals surface area contributed by atoms with Gasteiger partial charge in [-0.1, -0.05) is 19.1 Å². The molecule has 0 atom stereocenters. The van der Waals surface area contributed by atoms with Crippen molar-refractivity contribution in [1.82, 2.24) is 4.98 Å². The number of hydrogen-bond donors (Lipinski definition) is 1. The quantitative estimate of drug-likeness (QED) is 0.888. The maximum atomic E-state index is 5.74. The van der Waals surface area contributed by atoms with Crippen LogP contribution in [-0.2, 0) is 6.42 Å². The van der Waals surface area contributed by atoms with Gasteiger partial charge >= 0.3 is 0 Å². The van der Waals surface area contributed by atoms with E-state index in [4.69, 9.17) is 10.5 Å². The highest BCUT2D eigenvalue weighted by Crippen LogP contribution is 2.31. The lowest BCUT2D eigenvalue weighted by Crippen LogP contribution is -1.87. The molecule has 0 saturated heterocycles. The Morgan fingerprint density at radius 1 is 1.44 bits per heavy atom. The molecule has 0 aliphatic heterocycles. The number of ether oxygens (including phenoxy) is 1. The van der Waals surface area contributed by atoms with Gasteiger partial charge in [-0.05, 0) is 18.6 Å². The highest BCUT2D eigenvalue weighted by Gasteiger charge is 2.10. The molecule has 0 aliphatic carbocycles. The minimum absolute atomic E-state index is 0.620. The number of rotatable bonds is 3. The Morgan fingerprint density at radius 3 is 2.94 bits per heavy atom. The molecule has 2 N–H and O–H groups in total. The summed E-state index contributed by atoms with van der Waals surface area (Å²) in [7, 11) is 1.66. The first-order valence-corrected chi connectivity index (χ1v) is 5.96. The fourth-order valence-corrected chi connectivity index (χ4v) is 2.40. The van der Waals surface area contributed by atoms with Crippen LogP contribution in [0, 0.1) is 0 Å². The number of aryl methyl sites for hydroxylation is 1. The standard InChI is InChI=1S/C12H14N2OS/c1-3-10-11(14-12(13)16-10)8-5-4-6-9(7-8)15-2/h4-7H,3H2,1-2H3,(H2,13,14). The van der Waals surface area contributed by atoms with Crippen molar-refractivity contribution in [2.45, 2.75) is 13.3 Å². The van der Waals surface area contributed by atoms with Crippen LogP contribution in [0.4, 0.5) is 5.13 Å². The van der Waals surface area contributed by atoms with Gasteiger partial charge in [-0.3, -0.25) is 0 Å². The molecule has 0 saturated carbocycles. The number of thiazole rings is 1. The SMILES string of the molecule is CCc1sc(N)nc1-c1cccc(OC)c1. The van der Waals surface area contributed by atoms with Crippen molar-refractivity contribution in [3.05, 3.63) is 29.1 Å². The molecule has 0 radical (unpaired) electrons. The Bertz CT molecular complexity index is 494. The number of nitrogen functional groups attached to an aromatic ring is 1. The molecule has 1 aromatic heterocycles. The van der Waals surface area contributed by atoms with Gasteiger partial charge in [0.25, 0.3) is 0 Å². The molecule has 0 bridgehead atoms. The van der Waals surface area contributed by atoms with E-state index in [1.165, 1.54) is 4.88 Å². The predicted molar refractivity (Wildman–Crippen MR) is 67.9 cm³/mol. The summed E-state index contributed by atoms with van der Waals surface area (Å²) in [5.74, 6) is 0.839. The molecule has 2 rings (SSSR count). The molecule has 0 unspecified atom stereocenters. The topological polar surface area (TPSA) is 48.1 Å². The lowest BCUT2D eigenvalue weighted by atomic mass is 10.1. The molecule has 4 heteroatoms. The van der Waals surface area contributed by atoms with Gasteiger partial charge in [-0.25, -0.2) is 4.98 Å². The zero-order valence-electron chi connectivity index (χ0n) is 9.36. The minimum Gasteiger partial charge on any atom is -0.497 e. The van der Waals surface area contributed by atoms with E-state index < -0.39 is 0 Å². The molecule has 16 heavy (non-hydrogen) atoms. The molecule has 0 spiro atoms. The number of aromatic nitrogens is 1. The third-order valence-corrected chi connectivity index (χ3v) is 3.41. The normalized spacial score (nSPS) is 10.4. The zero-order chi connectivity index (χ0) is 11.5. The van der Waals surface area contributed by atoms with Crippen molar-refractivity contribution >= 4 is 16.5 Å². The van der Waals surface area contributed by atoms with Gasteiger partial charge in [0.1, 0.15) is 5.75 Å². The van der Waals surface area contributed by atoms with Crippen LogP contribution in [-0.4, -0.2) is 12.1 Å². The van der Waals surface area contributed by atoms with Crippen LogP contribution in [0.3, 0.4) is 0 Å². The highest BCUT2D eigenvalue weighted by molar-refractivity contribution is 7.15. The summed E-state index contributed by atoms with van der Waals surface area (Å²) in [5.41, 5.74) is 7.77. The summed E-state index contributed by atoms with van der Waals surface area (Å²) in [5, 5.41) is 0.620. The van der Waals surface area contributed by atoms with Crippen LogP contribution in [0.1, 0.15) is 11.8 Å². The second-order valence-corrected chi connectivity index (χ2v) is 4.52. The smallest absolute Gasteiger partial charge is 0.180 e. The molecule has 0 amide bonds. The van der Waals surface area contributed by atoms with Crippen LogP contribution < -0.4 is 10.5 Å². The van der Waals surface area contributed by atoms with Crippen molar-refractivity contribution in [3.63, 3.8) is 0 Å². The van der Waals surface area contributed by atoms with Crippen LogP contribution >= 0.6 is 11.3 Å². The van der Waals surface area contributed by atoms with Crippen LogP contribution in [0.25, 0.3) is 11.3 Å². The number of methoxy groups -OCH3 is 1. The van der Waals surface area contributed by atoms with Crippen molar-refractivity contribution in [1.29, 1.82) is 0 Å². The molecule has 0 fully saturated rings. The first-order valence-electron chi connectivity index (χ1n) is 5.14. The Hall–Kier alpha value is -1.55. The van der Waals surface area contributed by atoms with E-state index in [1.54, 1.807) is 18.4 Å². The van der Waals surface area contributed by atoms with E-state index in [0.717, 1.165) is 23.4 Å². The van der Waals surface area contributed by atoms with Gasteiger partial charge in [0.2, 0.25) is 0 Å². The molecular formula is C12H14N2OS. The predicted octanol–water partition coefficient (Wildman–Crippen LogP) is 2.96. The summed E-state index contributed by atoms with van der Waals surface area (Å²) < 4.78 is 5.20. The Kier molecular flexibility index (Phi) is 3.10. The van der Waals surface area contributed by atoms with Crippen LogP contribution in [0.2, 0.25) is 0 Å². The van der Waals surface area contributed by atoms with Crippen molar-refractivity contribution in [2.75, 3.05) is 12.8 Å². The van der Waals surface area contributed by atoms with Crippen molar-refractivity contribution in [2.24, 2.45) is 0 Å². The van der Waals surface area contributed by atoms with E-state index in [1.807, 2.05) is 24.3 Å². The number of nitrogens with zero attached hydrogens (tertiary/aromatic N) is 1. The summed E-state index contributed by atoms with van der Waals surface area (Å²) in [6.45, 7) is 2.11. The van der Waals surface area contributed by atoms with Gasteiger partial charge in [0.15, 0.2) is 5.13 Å². The molecule has 0 aliphatic rings. The molecule has 1 aromatic carbocycles. The second-order valence-electron chi connectivity index (χ2n) is 3.41. The average molecular weight is 234 g/mol. The van der Waals surface area contributed by atoms with E-state index in [9.17, 15) is 0 Å². The van der Waals surface area contributed by atoms with E-state index in [-0.39, 0.29) is 0 Å². The molecular weight excluding hydrogens is 220 g/mol. The number of hydrogen-bond acceptors (Lipinski definition) is 4. The maximum Gasteiger partial charge on any atom is 0.180 e. The molecule has 84 valence electrons. The summed E-state index contributed by atoms with van der Waals surface area (Å²) in [4.78, 5) is 5.58. The van der Waals surface area contributed by atoms with Crippen LogP contribution in [0.5, 0.6) is 5.75 Å². The summed E-state index contributed by atoms with van der Waals surface area (Å²) in [6, 6.07) is 7.89. The van der Waals surface area contributed by atoms with E-state index >= 15 is 0 Å². The van der Waals surface area contributed by atoms with Gasteiger partial charge in [-0.2, -0.15) is 0 Å². The first kappa shape index (κ1) is 11.0. The number of benzene rings is 1. The van der Waals surface area contributed by atoms with E-state index in [2.05, 4.69) is 11.9 Å². The van der Waals surface area contributed by atoms with Gasteiger partial charge in [-0.15, -0.1) is 11.3 Å². The molecule has 1 heterocycles. The van der Waals surface area contributed by atoms with Crippen molar-refractivity contribution in [3.8, 4) is 17.0 Å². The third-order valence-electron chi connectivity index (χ3n) is 2.38. The second kappa shape index (κ2) is 4.53. The first-order chi connectivity index (χ1) is 7.74. The summed E-state index contributed by atoms with van der Waals surface area (Å²) >= 11 is 1.55. The van der Waals surface area contributed by atoms with Crippen LogP contribution in [0.15, 0.2) is 24.3 Å². The summed E-state index contributed by atoms with van der Waals surface area (Å²) in [6.07, 6.45) is 0.946. The van der Waals surface area contributed by atoms with Crippen molar-refractivity contribution < 1.29 is 4.74 Å². The third kappa shape index (κ3) is 2.02. The lowest BCUT2D eigenvalue weighted by Gasteiger charge is -2.03. The molecule has 2 aromatic rings. The number of nitrogens with two attached hydrogens (primary N) is 1. The Morgan fingerprint density at radius 2 is 2.25 bits per heavy atom. The fraction of sp³-hybridized carbons (Fsp3) is 0.250. The average Bonchev–Trinajstić information content (AvgIpc) is 2.70. The fourth-order valence-electron chi connectivity index (χ4n) is 1.61. The highest BCUT2D eigenvalue weighted by atomic mass is 32.1. The Balaban J connectivity index is 2.48. The number of anilines is 1. The van der Waals surface area contributed by atoms with E-state index in [0.29, 0.717) is 5.13 Å². The Labute approximate surface area is 98.9 Å². The lowest BCUT2D eigenvalue weighted by molar-refractivity contribution is 0.415.